The summed E-state index contributed by atoms with van der Waals surface area (Å²) in [5, 5.41) is 1.31. The first-order valence-corrected chi connectivity index (χ1v) is 10.2. The maximum atomic E-state index is 12.9. The highest BCUT2D eigenvalue weighted by Gasteiger charge is 2.33. The molecule has 0 bridgehead atoms. The maximum absolute atomic E-state index is 12.9. The zero-order chi connectivity index (χ0) is 16.6. The Hall–Kier alpha value is -0.950. The Morgan fingerprint density at radius 3 is 2.70 bits per heavy atom. The molecule has 1 aromatic heterocycles. The van der Waals surface area contributed by atoms with Crippen molar-refractivity contribution in [1.82, 2.24) is 9.29 Å². The molecule has 0 amide bonds. The minimum absolute atomic E-state index is 0.165. The van der Waals surface area contributed by atoms with E-state index in [0.717, 1.165) is 23.5 Å². The van der Waals surface area contributed by atoms with Crippen molar-refractivity contribution in [2.75, 3.05) is 13.1 Å². The van der Waals surface area contributed by atoms with Crippen LogP contribution in [0, 0.1) is 13.8 Å². The first-order chi connectivity index (χ1) is 10.9. The number of sulfonamides is 1. The number of aromatic nitrogens is 1. The van der Waals surface area contributed by atoms with Crippen LogP contribution in [-0.4, -0.2) is 30.8 Å². The predicted molar refractivity (Wildman–Crippen MR) is 93.8 cm³/mol. The number of hydrogen-bond acceptors (Lipinski definition) is 4. The second kappa shape index (κ2) is 6.51. The van der Waals surface area contributed by atoms with Crippen molar-refractivity contribution in [2.24, 2.45) is 0 Å². The lowest BCUT2D eigenvalue weighted by molar-refractivity contribution is 0.315. The SMILES string of the molecule is Cc1nc(C2CCCN(S(=O)(=O)c3ccccc3Cl)C2)sc1C. The molecule has 124 valence electrons. The van der Waals surface area contributed by atoms with Gasteiger partial charge >= 0.3 is 0 Å². The Bertz CT molecular complexity index is 798. The van der Waals surface area contributed by atoms with Gasteiger partial charge in [0.15, 0.2) is 0 Å². The molecule has 1 atom stereocenters. The summed E-state index contributed by atoms with van der Waals surface area (Å²) in [6.07, 6.45) is 1.81. The summed E-state index contributed by atoms with van der Waals surface area (Å²) in [5.74, 6) is 0.165. The van der Waals surface area contributed by atoms with Crippen LogP contribution in [0.1, 0.15) is 34.3 Å². The largest absolute Gasteiger partial charge is 0.246 e. The number of thiazole rings is 1. The van der Waals surface area contributed by atoms with E-state index in [1.807, 2.05) is 6.92 Å². The van der Waals surface area contributed by atoms with Crippen LogP contribution in [0.3, 0.4) is 0 Å². The molecule has 2 heterocycles. The van der Waals surface area contributed by atoms with E-state index in [1.165, 1.54) is 4.88 Å². The van der Waals surface area contributed by atoms with Crippen LogP contribution < -0.4 is 0 Å². The summed E-state index contributed by atoms with van der Waals surface area (Å²) in [6, 6.07) is 6.62. The quantitative estimate of drug-likeness (QED) is 0.821. The van der Waals surface area contributed by atoms with Crippen molar-refractivity contribution in [3.63, 3.8) is 0 Å². The molecule has 7 heteroatoms. The van der Waals surface area contributed by atoms with Gasteiger partial charge in [0, 0.05) is 23.9 Å². The van der Waals surface area contributed by atoms with Gasteiger partial charge in [-0.3, -0.25) is 0 Å². The minimum Gasteiger partial charge on any atom is -0.246 e. The van der Waals surface area contributed by atoms with Crippen molar-refractivity contribution in [3.05, 3.63) is 44.9 Å². The van der Waals surface area contributed by atoms with Crippen molar-refractivity contribution >= 4 is 33.0 Å². The van der Waals surface area contributed by atoms with Crippen LogP contribution in [-0.2, 0) is 10.0 Å². The molecule has 1 aliphatic heterocycles. The van der Waals surface area contributed by atoms with E-state index >= 15 is 0 Å². The fourth-order valence-corrected chi connectivity index (χ4v) is 5.89. The number of piperidine rings is 1. The molecule has 0 N–H and O–H groups in total. The third-order valence-corrected chi connectivity index (χ3v) is 7.83. The van der Waals surface area contributed by atoms with E-state index in [1.54, 1.807) is 39.9 Å². The topological polar surface area (TPSA) is 50.3 Å². The molecule has 4 nitrogen and oxygen atoms in total. The van der Waals surface area contributed by atoms with Gasteiger partial charge in [-0.1, -0.05) is 23.7 Å². The molecule has 0 spiro atoms. The molecule has 0 aliphatic carbocycles. The highest BCUT2D eigenvalue weighted by Crippen LogP contribution is 2.34. The van der Waals surface area contributed by atoms with Crippen molar-refractivity contribution in [2.45, 2.75) is 37.5 Å². The first-order valence-electron chi connectivity index (χ1n) is 7.58. The lowest BCUT2D eigenvalue weighted by atomic mass is 10.0. The van der Waals surface area contributed by atoms with Crippen LogP contribution in [0.15, 0.2) is 29.2 Å². The average Bonchev–Trinajstić information content (AvgIpc) is 2.87. The molecule has 0 saturated carbocycles. The second-order valence-corrected chi connectivity index (χ2v) is 9.37. The maximum Gasteiger partial charge on any atom is 0.244 e. The summed E-state index contributed by atoms with van der Waals surface area (Å²) >= 11 is 7.76. The lowest BCUT2D eigenvalue weighted by Gasteiger charge is -2.31. The fraction of sp³-hybridized carbons (Fsp3) is 0.438. The van der Waals surface area contributed by atoms with Crippen LogP contribution in [0.4, 0.5) is 0 Å². The summed E-state index contributed by atoms with van der Waals surface area (Å²) in [4.78, 5) is 6.00. The molecule has 23 heavy (non-hydrogen) atoms. The van der Waals surface area contributed by atoms with Crippen LogP contribution in [0.2, 0.25) is 5.02 Å². The van der Waals surface area contributed by atoms with Gasteiger partial charge in [0.2, 0.25) is 10.0 Å². The summed E-state index contributed by atoms with van der Waals surface area (Å²) < 4.78 is 27.3. The van der Waals surface area contributed by atoms with Crippen LogP contribution in [0.25, 0.3) is 0 Å². The van der Waals surface area contributed by atoms with Gasteiger partial charge in [-0.05, 0) is 38.8 Å². The number of hydrogen-bond donors (Lipinski definition) is 0. The standard InChI is InChI=1S/C16H19ClN2O2S2/c1-11-12(2)22-16(18-11)13-6-5-9-19(10-13)23(20,21)15-8-4-3-7-14(15)17/h3-4,7-8,13H,5-6,9-10H2,1-2H3. The van der Waals surface area contributed by atoms with Crippen LogP contribution >= 0.6 is 22.9 Å². The van der Waals surface area contributed by atoms with E-state index < -0.39 is 10.0 Å². The number of halogens is 1. The van der Waals surface area contributed by atoms with Crippen molar-refractivity contribution in [3.8, 4) is 0 Å². The van der Waals surface area contributed by atoms with Crippen LogP contribution in [0.5, 0.6) is 0 Å². The highest BCUT2D eigenvalue weighted by molar-refractivity contribution is 7.89. The Labute approximate surface area is 146 Å². The zero-order valence-corrected chi connectivity index (χ0v) is 15.5. The lowest BCUT2D eigenvalue weighted by Crippen LogP contribution is -2.39. The van der Waals surface area contributed by atoms with Gasteiger partial charge in [-0.25, -0.2) is 13.4 Å². The summed E-state index contributed by atoms with van der Waals surface area (Å²) in [5.41, 5.74) is 1.04. The normalized spacial score (nSPS) is 19.9. The Morgan fingerprint density at radius 2 is 2.04 bits per heavy atom. The smallest absolute Gasteiger partial charge is 0.244 e. The fourth-order valence-electron chi connectivity index (χ4n) is 2.83. The molecule has 1 aliphatic rings. The summed E-state index contributed by atoms with van der Waals surface area (Å²) in [7, 11) is -3.56. The molecule has 1 unspecified atom stereocenters. The second-order valence-electron chi connectivity index (χ2n) is 5.83. The number of nitrogens with zero attached hydrogens (tertiary/aromatic N) is 2. The molecule has 0 radical (unpaired) electrons. The average molecular weight is 371 g/mol. The first kappa shape index (κ1) is 16.9. The van der Waals surface area contributed by atoms with Crippen molar-refractivity contribution in [1.29, 1.82) is 0 Å². The monoisotopic (exact) mass is 370 g/mol. The Balaban J connectivity index is 1.87. The van der Waals surface area contributed by atoms with E-state index in [-0.39, 0.29) is 15.8 Å². The Kier molecular flexibility index (Phi) is 4.78. The molecular weight excluding hydrogens is 352 g/mol. The van der Waals surface area contributed by atoms with Gasteiger partial charge < -0.3 is 0 Å². The van der Waals surface area contributed by atoms with E-state index in [2.05, 4.69) is 11.9 Å². The zero-order valence-electron chi connectivity index (χ0n) is 13.1. The Morgan fingerprint density at radius 1 is 1.30 bits per heavy atom. The molecule has 1 fully saturated rings. The van der Waals surface area contributed by atoms with Gasteiger partial charge in [0.25, 0.3) is 0 Å². The van der Waals surface area contributed by atoms with E-state index in [0.29, 0.717) is 13.1 Å². The number of benzene rings is 1. The van der Waals surface area contributed by atoms with Gasteiger partial charge in [-0.15, -0.1) is 11.3 Å². The summed E-state index contributed by atoms with van der Waals surface area (Å²) in [6.45, 7) is 5.06. The van der Waals surface area contributed by atoms with Gasteiger partial charge in [-0.2, -0.15) is 4.31 Å². The third-order valence-electron chi connectivity index (χ3n) is 4.23. The van der Waals surface area contributed by atoms with E-state index in [9.17, 15) is 8.42 Å². The minimum atomic E-state index is -3.56. The molecule has 2 aromatic rings. The molecule has 1 saturated heterocycles. The highest BCUT2D eigenvalue weighted by atomic mass is 35.5. The molecule has 3 rings (SSSR count). The predicted octanol–water partition coefficient (Wildman–Crippen LogP) is 3.98. The number of rotatable bonds is 3. The molecular formula is C16H19ClN2O2S2. The van der Waals surface area contributed by atoms with Gasteiger partial charge in [0.05, 0.1) is 15.7 Å². The van der Waals surface area contributed by atoms with Crippen molar-refractivity contribution < 1.29 is 8.42 Å². The third kappa shape index (κ3) is 3.31. The number of aryl methyl sites for hydroxylation is 2. The molecule has 1 aromatic carbocycles. The van der Waals surface area contributed by atoms with Gasteiger partial charge in [0.1, 0.15) is 4.90 Å². The van der Waals surface area contributed by atoms with E-state index in [4.69, 9.17) is 11.6 Å².